The molecule has 0 radical (unpaired) electrons. The number of hydrogen-bond donors (Lipinski definition) is 2. The molecule has 4 heteroatoms. The van der Waals surface area contributed by atoms with Crippen molar-refractivity contribution in [3.05, 3.63) is 68.3 Å². The predicted molar refractivity (Wildman–Crippen MR) is 84.4 cm³/mol. The Morgan fingerprint density at radius 2 is 1.78 bits per heavy atom. The summed E-state index contributed by atoms with van der Waals surface area (Å²) in [5.74, 6) is 5.67. The summed E-state index contributed by atoms with van der Waals surface area (Å²) in [4.78, 5) is 0. The first-order valence-corrected chi connectivity index (χ1v) is 7.11. The van der Waals surface area contributed by atoms with Crippen molar-refractivity contribution in [2.75, 3.05) is 0 Å². The smallest absolute Gasteiger partial charge is 0.0510 e. The van der Waals surface area contributed by atoms with Crippen LogP contribution < -0.4 is 11.3 Å². The lowest BCUT2D eigenvalue weighted by atomic mass is 9.99. The molecule has 0 aliphatic carbocycles. The first-order valence-electron chi connectivity index (χ1n) is 5.65. The van der Waals surface area contributed by atoms with Crippen LogP contribution >= 0.6 is 34.2 Å². The Morgan fingerprint density at radius 3 is 2.39 bits per heavy atom. The van der Waals surface area contributed by atoms with Gasteiger partial charge in [0.2, 0.25) is 0 Å². The van der Waals surface area contributed by atoms with Crippen LogP contribution in [-0.2, 0) is 6.42 Å². The zero-order chi connectivity index (χ0) is 13.0. The van der Waals surface area contributed by atoms with E-state index in [9.17, 15) is 0 Å². The Labute approximate surface area is 126 Å². The first kappa shape index (κ1) is 13.8. The van der Waals surface area contributed by atoms with Gasteiger partial charge in [0.1, 0.15) is 0 Å². The average Bonchev–Trinajstić information content (AvgIpc) is 2.39. The van der Waals surface area contributed by atoms with Crippen LogP contribution in [0.25, 0.3) is 0 Å². The molecule has 3 N–H and O–H groups in total. The maximum atomic E-state index is 5.88. The number of halogens is 2. The number of nitrogens with two attached hydrogens (primary N) is 1. The van der Waals surface area contributed by atoms with E-state index in [4.69, 9.17) is 17.4 Å². The van der Waals surface area contributed by atoms with Crippen LogP contribution in [0, 0.1) is 3.57 Å². The summed E-state index contributed by atoms with van der Waals surface area (Å²) >= 11 is 8.21. The molecular weight excluding hydrogens is 359 g/mol. The first-order chi connectivity index (χ1) is 8.70. The summed E-state index contributed by atoms with van der Waals surface area (Å²) in [6.07, 6.45) is 0.841. The summed E-state index contributed by atoms with van der Waals surface area (Å²) in [6, 6.07) is 16.2. The molecule has 2 rings (SSSR count). The monoisotopic (exact) mass is 372 g/mol. The molecule has 0 aliphatic rings. The third-order valence-corrected chi connectivity index (χ3v) is 4.07. The summed E-state index contributed by atoms with van der Waals surface area (Å²) in [7, 11) is 0. The van der Waals surface area contributed by atoms with E-state index in [0.29, 0.717) is 0 Å². The summed E-state index contributed by atoms with van der Waals surface area (Å²) in [5.41, 5.74) is 5.31. The van der Waals surface area contributed by atoms with Gasteiger partial charge in [-0.05, 0) is 58.3 Å². The van der Waals surface area contributed by atoms with Crippen molar-refractivity contribution in [1.29, 1.82) is 0 Å². The Morgan fingerprint density at radius 1 is 1.11 bits per heavy atom. The molecule has 2 nitrogen and oxygen atoms in total. The second kappa shape index (κ2) is 6.52. The van der Waals surface area contributed by atoms with Crippen LogP contribution in [0.1, 0.15) is 17.2 Å². The Bertz CT molecular complexity index is 513. The van der Waals surface area contributed by atoms with E-state index in [1.165, 1.54) is 14.7 Å². The van der Waals surface area contributed by atoms with Crippen molar-refractivity contribution in [2.45, 2.75) is 12.5 Å². The Balaban J connectivity index is 2.20. The zero-order valence-corrected chi connectivity index (χ0v) is 12.6. The third-order valence-electron chi connectivity index (χ3n) is 2.83. The van der Waals surface area contributed by atoms with E-state index in [1.807, 2.05) is 36.4 Å². The van der Waals surface area contributed by atoms with Crippen molar-refractivity contribution in [1.82, 2.24) is 5.43 Å². The number of nitrogens with one attached hydrogen (secondary N) is 1. The summed E-state index contributed by atoms with van der Waals surface area (Å²) < 4.78 is 1.21. The molecule has 0 spiro atoms. The van der Waals surface area contributed by atoms with Crippen LogP contribution in [0.3, 0.4) is 0 Å². The van der Waals surface area contributed by atoms with Crippen molar-refractivity contribution < 1.29 is 0 Å². The van der Waals surface area contributed by atoms with Crippen LogP contribution in [0.15, 0.2) is 48.5 Å². The molecular formula is C14H14ClIN2. The van der Waals surface area contributed by atoms with Gasteiger partial charge in [-0.2, -0.15) is 0 Å². The second-order valence-corrected chi connectivity index (χ2v) is 5.67. The van der Waals surface area contributed by atoms with E-state index in [1.54, 1.807) is 0 Å². The molecule has 0 amide bonds. The molecule has 0 aliphatic heterocycles. The molecule has 0 aromatic heterocycles. The fourth-order valence-corrected chi connectivity index (χ4v) is 2.76. The van der Waals surface area contributed by atoms with E-state index in [0.717, 1.165) is 11.4 Å². The lowest BCUT2D eigenvalue weighted by Crippen LogP contribution is -2.30. The van der Waals surface area contributed by atoms with Gasteiger partial charge in [-0.25, -0.2) is 0 Å². The minimum Gasteiger partial charge on any atom is -0.271 e. The van der Waals surface area contributed by atoms with Crippen molar-refractivity contribution in [2.24, 2.45) is 5.84 Å². The van der Waals surface area contributed by atoms with Gasteiger partial charge < -0.3 is 0 Å². The van der Waals surface area contributed by atoms with Gasteiger partial charge in [-0.3, -0.25) is 11.3 Å². The maximum absolute atomic E-state index is 5.88. The van der Waals surface area contributed by atoms with E-state index < -0.39 is 0 Å². The molecule has 1 atom stereocenters. The van der Waals surface area contributed by atoms with Crippen LogP contribution in [-0.4, -0.2) is 0 Å². The lowest BCUT2D eigenvalue weighted by molar-refractivity contribution is 0.550. The fraction of sp³-hybridized carbons (Fsp3) is 0.143. The Hall–Kier alpha value is -0.620. The molecule has 1 unspecified atom stereocenters. The zero-order valence-electron chi connectivity index (χ0n) is 9.74. The quantitative estimate of drug-likeness (QED) is 0.488. The third kappa shape index (κ3) is 3.45. The van der Waals surface area contributed by atoms with Gasteiger partial charge in [0.15, 0.2) is 0 Å². The highest BCUT2D eigenvalue weighted by Gasteiger charge is 2.13. The minimum absolute atomic E-state index is 0.110. The normalized spacial score (nSPS) is 12.4. The van der Waals surface area contributed by atoms with Crippen LogP contribution in [0.5, 0.6) is 0 Å². The maximum Gasteiger partial charge on any atom is 0.0510 e. The topological polar surface area (TPSA) is 38.0 Å². The average molecular weight is 373 g/mol. The number of benzene rings is 2. The van der Waals surface area contributed by atoms with Crippen molar-refractivity contribution >= 4 is 34.2 Å². The largest absolute Gasteiger partial charge is 0.271 e. The van der Waals surface area contributed by atoms with Crippen molar-refractivity contribution in [3.8, 4) is 0 Å². The standard InChI is InChI=1S/C14H14ClIN2/c15-11-7-5-10(6-8-11)9-14(18-17)12-3-1-2-4-13(12)16/h1-8,14,18H,9,17H2. The van der Waals surface area contributed by atoms with Gasteiger partial charge in [-0.15, -0.1) is 0 Å². The van der Waals surface area contributed by atoms with Gasteiger partial charge in [0.25, 0.3) is 0 Å². The Kier molecular flexibility index (Phi) is 5.00. The summed E-state index contributed by atoms with van der Waals surface area (Å²) in [6.45, 7) is 0. The van der Waals surface area contributed by atoms with Crippen LogP contribution in [0.4, 0.5) is 0 Å². The molecule has 2 aromatic carbocycles. The van der Waals surface area contributed by atoms with E-state index >= 15 is 0 Å². The summed E-state index contributed by atoms with van der Waals surface area (Å²) in [5, 5.41) is 0.755. The molecule has 0 fully saturated rings. The highest BCUT2D eigenvalue weighted by Crippen LogP contribution is 2.23. The highest BCUT2D eigenvalue weighted by atomic mass is 127. The van der Waals surface area contributed by atoms with Gasteiger partial charge >= 0.3 is 0 Å². The molecule has 0 saturated heterocycles. The number of hydrogen-bond acceptors (Lipinski definition) is 2. The van der Waals surface area contributed by atoms with E-state index in [2.05, 4.69) is 40.1 Å². The van der Waals surface area contributed by atoms with Crippen LogP contribution in [0.2, 0.25) is 5.02 Å². The fourth-order valence-electron chi connectivity index (χ4n) is 1.87. The molecule has 0 bridgehead atoms. The molecule has 0 saturated carbocycles. The molecule has 0 heterocycles. The molecule has 2 aromatic rings. The van der Waals surface area contributed by atoms with E-state index in [-0.39, 0.29) is 6.04 Å². The number of rotatable bonds is 4. The molecule has 94 valence electrons. The number of hydrazine groups is 1. The molecule has 18 heavy (non-hydrogen) atoms. The lowest BCUT2D eigenvalue weighted by Gasteiger charge is -2.18. The van der Waals surface area contributed by atoms with Gasteiger partial charge in [0.05, 0.1) is 6.04 Å². The van der Waals surface area contributed by atoms with Gasteiger partial charge in [-0.1, -0.05) is 41.9 Å². The van der Waals surface area contributed by atoms with Gasteiger partial charge in [0, 0.05) is 8.59 Å². The van der Waals surface area contributed by atoms with Crippen molar-refractivity contribution in [3.63, 3.8) is 0 Å². The predicted octanol–water partition coefficient (Wildman–Crippen LogP) is 3.69. The minimum atomic E-state index is 0.110. The highest BCUT2D eigenvalue weighted by molar-refractivity contribution is 14.1. The SMILES string of the molecule is NNC(Cc1ccc(Cl)cc1)c1ccccc1I. The second-order valence-electron chi connectivity index (χ2n) is 4.07.